The summed E-state index contributed by atoms with van der Waals surface area (Å²) in [4.78, 5) is 28.5. The number of likely N-dealkylation sites (N-methyl/N-ethyl adjacent to an activating group) is 1. The van der Waals surface area contributed by atoms with Gasteiger partial charge in [0.2, 0.25) is 0 Å². The number of ether oxygens (including phenoxy) is 2. The summed E-state index contributed by atoms with van der Waals surface area (Å²) in [5.74, 6) is -2.19. The highest BCUT2D eigenvalue weighted by Gasteiger charge is 2.35. The molecule has 0 N–H and O–H groups in total. The average Bonchev–Trinajstić information content (AvgIpc) is 2.92. The van der Waals surface area contributed by atoms with Gasteiger partial charge in [-0.3, -0.25) is 4.90 Å². The number of halogens is 2. The number of hydrogen-bond donors (Lipinski definition) is 0. The van der Waals surface area contributed by atoms with Crippen LogP contribution in [0.5, 0.6) is 11.5 Å². The Bertz CT molecular complexity index is 1560. The molecule has 1 heterocycles. The number of carbonyl (C=O) groups excluding carboxylic acids is 2. The van der Waals surface area contributed by atoms with Gasteiger partial charge in [-0.2, -0.15) is 0 Å². The first kappa shape index (κ1) is 24.0. The smallest absolute Gasteiger partial charge is 0.343 e. The molecule has 1 atom stereocenters. The fourth-order valence-corrected chi connectivity index (χ4v) is 5.32. The Morgan fingerprint density at radius 1 is 0.789 bits per heavy atom. The Morgan fingerprint density at radius 2 is 1.42 bits per heavy atom. The number of carbonyl (C=O) groups is 2. The highest BCUT2D eigenvalue weighted by molar-refractivity contribution is 5.96. The van der Waals surface area contributed by atoms with Crippen molar-refractivity contribution >= 4 is 11.9 Å². The zero-order valence-corrected chi connectivity index (χ0v) is 20.5. The molecule has 0 fully saturated rings. The van der Waals surface area contributed by atoms with Crippen LogP contribution in [-0.4, -0.2) is 30.4 Å². The van der Waals surface area contributed by atoms with Gasteiger partial charge in [0.05, 0.1) is 11.1 Å². The van der Waals surface area contributed by atoms with E-state index in [1.54, 1.807) is 6.07 Å². The van der Waals surface area contributed by atoms with E-state index in [0.29, 0.717) is 12.0 Å². The first-order valence-electron chi connectivity index (χ1n) is 12.3. The molecule has 5 nitrogen and oxygen atoms in total. The minimum absolute atomic E-state index is 0.0637. The van der Waals surface area contributed by atoms with Crippen LogP contribution in [-0.2, 0) is 12.8 Å². The molecule has 190 valence electrons. The van der Waals surface area contributed by atoms with Crippen molar-refractivity contribution in [3.05, 3.63) is 118 Å². The highest BCUT2D eigenvalue weighted by atomic mass is 19.1. The van der Waals surface area contributed by atoms with Gasteiger partial charge in [-0.15, -0.1) is 0 Å². The first-order valence-corrected chi connectivity index (χ1v) is 12.3. The topological polar surface area (TPSA) is 55.8 Å². The monoisotopic (exact) mass is 511 g/mol. The van der Waals surface area contributed by atoms with Crippen molar-refractivity contribution in [3.63, 3.8) is 0 Å². The van der Waals surface area contributed by atoms with Gasteiger partial charge < -0.3 is 9.47 Å². The van der Waals surface area contributed by atoms with Crippen molar-refractivity contribution in [2.75, 3.05) is 13.6 Å². The van der Waals surface area contributed by atoms with Crippen LogP contribution in [0.1, 0.15) is 43.4 Å². The fourth-order valence-electron chi connectivity index (χ4n) is 5.32. The predicted molar refractivity (Wildman–Crippen MR) is 137 cm³/mol. The molecule has 4 aromatic carbocycles. The maximum atomic E-state index is 13.5. The van der Waals surface area contributed by atoms with Crippen LogP contribution in [0.4, 0.5) is 8.78 Å². The van der Waals surface area contributed by atoms with Crippen LogP contribution in [0.3, 0.4) is 0 Å². The number of hydrogen-bond acceptors (Lipinski definition) is 5. The van der Waals surface area contributed by atoms with E-state index in [0.717, 1.165) is 24.1 Å². The van der Waals surface area contributed by atoms with Crippen LogP contribution in [0.2, 0.25) is 0 Å². The Hall–Kier alpha value is -4.36. The standard InChI is InChI=1S/C31H23F2NO4/c1-34-16-15-18-3-2-4-24-27(18)25(34)17-21-9-14-26(37-30(35)19-5-10-22(32)11-6-19)29(28(21)24)38-31(36)20-7-12-23(33)13-8-20/h2-14,25H,15-17H2,1H3. The Morgan fingerprint density at radius 3 is 2.08 bits per heavy atom. The van der Waals surface area contributed by atoms with Crippen molar-refractivity contribution < 1.29 is 27.8 Å². The van der Waals surface area contributed by atoms with Gasteiger partial charge in [-0.1, -0.05) is 24.3 Å². The lowest BCUT2D eigenvalue weighted by molar-refractivity contribution is 0.0683. The summed E-state index contributed by atoms with van der Waals surface area (Å²) >= 11 is 0. The summed E-state index contributed by atoms with van der Waals surface area (Å²) in [5.41, 5.74) is 5.28. The summed E-state index contributed by atoms with van der Waals surface area (Å²) < 4.78 is 38.5. The molecule has 0 spiro atoms. The molecule has 0 saturated carbocycles. The number of esters is 2. The van der Waals surface area contributed by atoms with E-state index >= 15 is 0 Å². The lowest BCUT2D eigenvalue weighted by Gasteiger charge is -2.40. The summed E-state index contributed by atoms with van der Waals surface area (Å²) in [6, 6.07) is 19.8. The van der Waals surface area contributed by atoms with E-state index in [4.69, 9.17) is 9.47 Å². The van der Waals surface area contributed by atoms with Gasteiger partial charge in [-0.05, 0) is 96.7 Å². The summed E-state index contributed by atoms with van der Waals surface area (Å²) in [6.07, 6.45) is 1.60. The van der Waals surface area contributed by atoms with E-state index in [1.165, 1.54) is 59.7 Å². The molecule has 2 aliphatic rings. The zero-order valence-electron chi connectivity index (χ0n) is 20.5. The van der Waals surface area contributed by atoms with Gasteiger partial charge in [0.1, 0.15) is 11.6 Å². The van der Waals surface area contributed by atoms with Crippen molar-refractivity contribution in [2.24, 2.45) is 0 Å². The van der Waals surface area contributed by atoms with Crippen molar-refractivity contribution in [1.82, 2.24) is 4.90 Å². The lowest BCUT2D eigenvalue weighted by atomic mass is 9.77. The van der Waals surface area contributed by atoms with Crippen LogP contribution in [0, 0.1) is 11.6 Å². The Balaban J connectivity index is 1.48. The number of fused-ring (bicyclic) bond motifs is 2. The maximum Gasteiger partial charge on any atom is 0.343 e. The molecular formula is C31H23F2NO4. The molecule has 6 rings (SSSR count). The summed E-state index contributed by atoms with van der Waals surface area (Å²) in [6.45, 7) is 0.941. The fraction of sp³-hybridized carbons (Fsp3) is 0.161. The van der Waals surface area contributed by atoms with Gasteiger partial charge in [0, 0.05) is 18.2 Å². The van der Waals surface area contributed by atoms with E-state index in [9.17, 15) is 18.4 Å². The molecular weight excluding hydrogens is 488 g/mol. The first-order chi connectivity index (χ1) is 18.4. The van der Waals surface area contributed by atoms with E-state index < -0.39 is 23.6 Å². The normalized spacial score (nSPS) is 15.8. The maximum absolute atomic E-state index is 13.5. The van der Waals surface area contributed by atoms with Gasteiger partial charge in [0.25, 0.3) is 0 Å². The third-order valence-corrected chi connectivity index (χ3v) is 7.24. The molecule has 38 heavy (non-hydrogen) atoms. The third kappa shape index (κ3) is 4.25. The number of benzene rings is 4. The molecule has 0 aromatic heterocycles. The molecule has 1 unspecified atom stereocenters. The molecule has 1 aliphatic carbocycles. The zero-order chi connectivity index (χ0) is 26.4. The van der Waals surface area contributed by atoms with Crippen LogP contribution >= 0.6 is 0 Å². The predicted octanol–water partition coefficient (Wildman–Crippen LogP) is 6.16. The number of rotatable bonds is 4. The molecule has 7 heteroatoms. The molecule has 0 bridgehead atoms. The molecule has 0 saturated heterocycles. The van der Waals surface area contributed by atoms with E-state index in [-0.39, 0.29) is 28.7 Å². The molecule has 1 aliphatic heterocycles. The second-order valence-electron chi connectivity index (χ2n) is 9.55. The van der Waals surface area contributed by atoms with Crippen LogP contribution in [0.25, 0.3) is 11.1 Å². The molecule has 4 aromatic rings. The van der Waals surface area contributed by atoms with Gasteiger partial charge in [0.15, 0.2) is 11.5 Å². The van der Waals surface area contributed by atoms with E-state index in [2.05, 4.69) is 18.0 Å². The minimum Gasteiger partial charge on any atom is -0.419 e. The largest absolute Gasteiger partial charge is 0.419 e. The van der Waals surface area contributed by atoms with Crippen LogP contribution < -0.4 is 9.47 Å². The summed E-state index contributed by atoms with van der Waals surface area (Å²) in [7, 11) is 2.10. The second kappa shape index (κ2) is 9.50. The Labute approximate surface area is 218 Å². The summed E-state index contributed by atoms with van der Waals surface area (Å²) in [5, 5.41) is 0. The molecule has 0 amide bonds. The van der Waals surface area contributed by atoms with Gasteiger partial charge >= 0.3 is 11.9 Å². The average molecular weight is 512 g/mol. The quantitative estimate of drug-likeness (QED) is 0.243. The lowest BCUT2D eigenvalue weighted by Crippen LogP contribution is -2.35. The van der Waals surface area contributed by atoms with Crippen molar-refractivity contribution in [2.45, 2.75) is 18.9 Å². The molecule has 0 radical (unpaired) electrons. The van der Waals surface area contributed by atoms with Gasteiger partial charge in [-0.25, -0.2) is 18.4 Å². The van der Waals surface area contributed by atoms with Crippen LogP contribution in [0.15, 0.2) is 78.9 Å². The second-order valence-corrected chi connectivity index (χ2v) is 9.55. The van der Waals surface area contributed by atoms with Crippen molar-refractivity contribution in [3.8, 4) is 22.6 Å². The third-order valence-electron chi connectivity index (χ3n) is 7.24. The number of nitrogens with zero attached hydrogens (tertiary/aromatic N) is 1. The van der Waals surface area contributed by atoms with E-state index in [1.807, 2.05) is 18.2 Å². The Kier molecular flexibility index (Phi) is 6.00. The SMILES string of the molecule is CN1CCc2cccc3c2C1Cc1ccc(OC(=O)c2ccc(F)cc2)c(OC(=O)c2ccc(F)cc2)c1-3. The van der Waals surface area contributed by atoms with Crippen molar-refractivity contribution in [1.29, 1.82) is 0 Å². The highest BCUT2D eigenvalue weighted by Crippen LogP contribution is 2.51. The minimum atomic E-state index is -0.715.